The van der Waals surface area contributed by atoms with Gasteiger partial charge in [0.25, 0.3) is 0 Å². The van der Waals surface area contributed by atoms with Crippen molar-refractivity contribution in [1.29, 1.82) is 0 Å². The number of hydrogen-bond acceptors (Lipinski definition) is 3. The normalized spacial score (nSPS) is 43.2. The molecule has 3 aliphatic carbocycles. The van der Waals surface area contributed by atoms with Crippen LogP contribution in [0.25, 0.3) is 0 Å². The van der Waals surface area contributed by atoms with Crippen molar-refractivity contribution in [3.63, 3.8) is 0 Å². The Labute approximate surface area is 78.6 Å². The molecule has 3 fully saturated rings. The molecule has 2 bridgehead atoms. The lowest BCUT2D eigenvalue weighted by atomic mass is 9.57. The molecular weight excluding hydrogens is 166 g/mol. The minimum Gasteiger partial charge on any atom is -0.469 e. The summed E-state index contributed by atoms with van der Waals surface area (Å²) in [6.07, 6.45) is 6.01. The molecule has 0 aromatic rings. The van der Waals surface area contributed by atoms with Crippen LogP contribution in [0.2, 0.25) is 0 Å². The van der Waals surface area contributed by atoms with E-state index in [4.69, 9.17) is 10.5 Å². The summed E-state index contributed by atoms with van der Waals surface area (Å²) in [7, 11) is 1.47. The van der Waals surface area contributed by atoms with Crippen molar-refractivity contribution < 1.29 is 9.53 Å². The molecule has 3 heteroatoms. The van der Waals surface area contributed by atoms with Gasteiger partial charge in [-0.3, -0.25) is 4.79 Å². The third kappa shape index (κ3) is 1.26. The smallest absolute Gasteiger partial charge is 0.311 e. The van der Waals surface area contributed by atoms with E-state index in [9.17, 15) is 4.79 Å². The number of carbonyl (C=O) groups excluding carboxylic acids is 1. The summed E-state index contributed by atoms with van der Waals surface area (Å²) in [5, 5.41) is 0. The molecule has 3 rings (SSSR count). The molecule has 0 heterocycles. The molecule has 2 N–H and O–H groups in total. The van der Waals surface area contributed by atoms with Gasteiger partial charge in [-0.2, -0.15) is 0 Å². The standard InChI is InChI=1S/C10H17NO2/c1-13-8(12)9-4-2-3-5-10(11,6-9)7-9/h2-7,11H2,1H3. The Morgan fingerprint density at radius 3 is 2.54 bits per heavy atom. The molecule has 0 radical (unpaired) electrons. The quantitative estimate of drug-likeness (QED) is 0.622. The highest BCUT2D eigenvalue weighted by molar-refractivity contribution is 5.78. The van der Waals surface area contributed by atoms with Crippen molar-refractivity contribution >= 4 is 5.97 Å². The molecular formula is C10H17NO2. The van der Waals surface area contributed by atoms with E-state index in [-0.39, 0.29) is 16.9 Å². The molecule has 3 aliphatic rings. The SMILES string of the molecule is COC(=O)C12CCCCC(N)(C1)C2. The lowest BCUT2D eigenvalue weighted by Crippen LogP contribution is -2.60. The number of carbonyl (C=O) groups is 1. The van der Waals surface area contributed by atoms with Crippen LogP contribution < -0.4 is 5.73 Å². The number of nitrogens with two attached hydrogens (primary N) is 1. The predicted molar refractivity (Wildman–Crippen MR) is 49.1 cm³/mol. The zero-order chi connectivity index (χ0) is 9.53. The molecule has 0 spiro atoms. The summed E-state index contributed by atoms with van der Waals surface area (Å²) in [5.74, 6) is -0.0459. The highest BCUT2D eigenvalue weighted by Crippen LogP contribution is 2.55. The van der Waals surface area contributed by atoms with E-state index < -0.39 is 0 Å². The van der Waals surface area contributed by atoms with Gasteiger partial charge >= 0.3 is 5.97 Å². The summed E-state index contributed by atoms with van der Waals surface area (Å²) >= 11 is 0. The van der Waals surface area contributed by atoms with Crippen molar-refractivity contribution in [2.45, 2.75) is 44.1 Å². The van der Waals surface area contributed by atoms with E-state index >= 15 is 0 Å². The fourth-order valence-corrected chi connectivity index (χ4v) is 3.05. The highest BCUT2D eigenvalue weighted by atomic mass is 16.5. The second-order valence-corrected chi connectivity index (χ2v) is 4.69. The number of methoxy groups -OCH3 is 1. The van der Waals surface area contributed by atoms with E-state index in [1.165, 1.54) is 7.11 Å². The van der Waals surface area contributed by atoms with Crippen molar-refractivity contribution in [3.05, 3.63) is 0 Å². The summed E-state index contributed by atoms with van der Waals surface area (Å²) in [5.41, 5.74) is 5.85. The van der Waals surface area contributed by atoms with Gasteiger partial charge in [-0.1, -0.05) is 12.8 Å². The average molecular weight is 183 g/mol. The Kier molecular flexibility index (Phi) is 1.88. The van der Waals surface area contributed by atoms with Crippen LogP contribution in [0.1, 0.15) is 38.5 Å². The van der Waals surface area contributed by atoms with Crippen LogP contribution >= 0.6 is 0 Å². The van der Waals surface area contributed by atoms with E-state index in [1.807, 2.05) is 0 Å². The number of fused-ring (bicyclic) bond motifs is 3. The fourth-order valence-electron chi connectivity index (χ4n) is 3.05. The highest BCUT2D eigenvalue weighted by Gasteiger charge is 2.58. The van der Waals surface area contributed by atoms with Gasteiger partial charge in [-0.25, -0.2) is 0 Å². The Morgan fingerprint density at radius 1 is 1.31 bits per heavy atom. The molecule has 13 heavy (non-hydrogen) atoms. The lowest BCUT2D eigenvalue weighted by Gasteiger charge is -2.50. The van der Waals surface area contributed by atoms with Gasteiger partial charge in [0.05, 0.1) is 12.5 Å². The monoisotopic (exact) mass is 183 g/mol. The maximum absolute atomic E-state index is 11.5. The van der Waals surface area contributed by atoms with Gasteiger partial charge in [0.2, 0.25) is 0 Å². The first-order chi connectivity index (χ1) is 6.10. The number of hydrogen-bond donors (Lipinski definition) is 1. The first-order valence-electron chi connectivity index (χ1n) is 4.98. The van der Waals surface area contributed by atoms with Crippen molar-refractivity contribution in [1.82, 2.24) is 0 Å². The minimum absolute atomic E-state index is 0.0459. The van der Waals surface area contributed by atoms with Crippen molar-refractivity contribution in [2.75, 3.05) is 7.11 Å². The number of ether oxygens (including phenoxy) is 1. The Morgan fingerprint density at radius 2 is 1.92 bits per heavy atom. The summed E-state index contributed by atoms with van der Waals surface area (Å²) < 4.78 is 4.84. The van der Waals surface area contributed by atoms with Crippen LogP contribution in [-0.2, 0) is 9.53 Å². The summed E-state index contributed by atoms with van der Waals surface area (Å²) in [4.78, 5) is 11.5. The molecule has 3 saturated carbocycles. The second-order valence-electron chi connectivity index (χ2n) is 4.69. The van der Waals surface area contributed by atoms with E-state index in [2.05, 4.69) is 0 Å². The van der Waals surface area contributed by atoms with Gasteiger partial charge in [0.15, 0.2) is 0 Å². The van der Waals surface area contributed by atoms with Crippen LogP contribution in [-0.4, -0.2) is 18.6 Å². The van der Waals surface area contributed by atoms with E-state index in [0.717, 1.165) is 38.5 Å². The van der Waals surface area contributed by atoms with Crippen LogP contribution in [0.3, 0.4) is 0 Å². The topological polar surface area (TPSA) is 52.3 Å². The molecule has 0 aromatic carbocycles. The molecule has 0 saturated heterocycles. The molecule has 0 aliphatic heterocycles. The Bertz CT molecular complexity index is 231. The maximum atomic E-state index is 11.5. The van der Waals surface area contributed by atoms with E-state index in [1.54, 1.807) is 0 Å². The average Bonchev–Trinajstić information content (AvgIpc) is 2.32. The van der Waals surface area contributed by atoms with Crippen molar-refractivity contribution in [3.8, 4) is 0 Å². The Hall–Kier alpha value is -0.570. The summed E-state index contributed by atoms with van der Waals surface area (Å²) in [6, 6.07) is 0. The lowest BCUT2D eigenvalue weighted by molar-refractivity contribution is -0.163. The summed E-state index contributed by atoms with van der Waals surface area (Å²) in [6.45, 7) is 0. The first kappa shape index (κ1) is 9.00. The van der Waals surface area contributed by atoms with Crippen LogP contribution in [0.5, 0.6) is 0 Å². The molecule has 0 unspecified atom stereocenters. The largest absolute Gasteiger partial charge is 0.469 e. The molecule has 0 amide bonds. The van der Waals surface area contributed by atoms with Crippen molar-refractivity contribution in [2.24, 2.45) is 11.1 Å². The van der Waals surface area contributed by atoms with Gasteiger partial charge in [-0.05, 0) is 25.7 Å². The van der Waals surface area contributed by atoms with Gasteiger partial charge < -0.3 is 10.5 Å². The fraction of sp³-hybridized carbons (Fsp3) is 0.900. The zero-order valence-electron chi connectivity index (χ0n) is 8.14. The minimum atomic E-state index is -0.208. The van der Waals surface area contributed by atoms with E-state index in [0.29, 0.717) is 0 Å². The second kappa shape index (κ2) is 2.71. The molecule has 0 atom stereocenters. The zero-order valence-corrected chi connectivity index (χ0v) is 8.14. The third-order valence-corrected chi connectivity index (χ3v) is 3.58. The van der Waals surface area contributed by atoms with Gasteiger partial charge in [0, 0.05) is 5.54 Å². The third-order valence-electron chi connectivity index (χ3n) is 3.58. The molecule has 0 aromatic heterocycles. The van der Waals surface area contributed by atoms with Gasteiger partial charge in [-0.15, -0.1) is 0 Å². The molecule has 3 nitrogen and oxygen atoms in total. The Balaban J connectivity index is 2.14. The van der Waals surface area contributed by atoms with Crippen LogP contribution in [0.4, 0.5) is 0 Å². The predicted octanol–water partition coefficient (Wildman–Crippen LogP) is 1.21. The first-order valence-corrected chi connectivity index (χ1v) is 4.98. The number of rotatable bonds is 1. The van der Waals surface area contributed by atoms with Crippen LogP contribution in [0, 0.1) is 5.41 Å². The number of esters is 1. The van der Waals surface area contributed by atoms with Gasteiger partial charge in [0.1, 0.15) is 0 Å². The van der Waals surface area contributed by atoms with Crippen LogP contribution in [0.15, 0.2) is 0 Å². The maximum Gasteiger partial charge on any atom is 0.311 e. The molecule has 74 valence electrons.